The van der Waals surface area contributed by atoms with Crippen LogP contribution in [0.1, 0.15) is 245 Å². The number of ether oxygens (including phenoxy) is 1. The Morgan fingerprint density at radius 3 is 1.40 bits per heavy atom. The molecule has 0 rings (SSSR count). The molecule has 1 N–H and O–H groups in total. The molecule has 1 amide bonds. The van der Waals surface area contributed by atoms with Gasteiger partial charge in [0.15, 0.2) is 0 Å². The van der Waals surface area contributed by atoms with Gasteiger partial charge >= 0.3 is 5.97 Å². The van der Waals surface area contributed by atoms with Crippen molar-refractivity contribution in [1.29, 1.82) is 0 Å². The van der Waals surface area contributed by atoms with Crippen LogP contribution in [0.3, 0.4) is 0 Å². The zero-order valence-corrected chi connectivity index (χ0v) is 45.9. The van der Waals surface area contributed by atoms with E-state index in [1.807, 2.05) is 33.3 Å². The predicted molar refractivity (Wildman–Crippen MR) is 289 cm³/mol. The number of nitrogens with one attached hydrogen (secondary N) is 1. The maximum Gasteiger partial charge on any atom is 0.306 e. The number of rotatable bonds is 50. The third-order valence-corrected chi connectivity index (χ3v) is 13.1. The predicted octanol–water partition coefficient (Wildman–Crippen LogP) is 16.1. The SMILES string of the molecule is CCCCC/C=C\C/C=C\C/C=C\CCCCCCC(=O)NC(COP(=O)([O-])OCC[N+](C)(C)C)C(/C=C/CCCCCCCCCCC)OC(=O)CCCCC/C=C\CCCCCCCCC. The minimum Gasteiger partial charge on any atom is -0.756 e. The highest BCUT2D eigenvalue weighted by Crippen LogP contribution is 2.38. The molecule has 68 heavy (non-hydrogen) atoms. The van der Waals surface area contributed by atoms with Crippen molar-refractivity contribution in [3.05, 3.63) is 60.8 Å². The quantitative estimate of drug-likeness (QED) is 0.0212. The molecule has 0 saturated carbocycles. The van der Waals surface area contributed by atoms with E-state index < -0.39 is 26.6 Å². The number of esters is 1. The Hall–Kier alpha value is -2.29. The van der Waals surface area contributed by atoms with Crippen LogP contribution in [0.2, 0.25) is 0 Å². The first kappa shape index (κ1) is 65.7. The van der Waals surface area contributed by atoms with Gasteiger partial charge < -0.3 is 28.5 Å². The minimum atomic E-state index is -4.70. The summed E-state index contributed by atoms with van der Waals surface area (Å²) in [6, 6.07) is -0.905. The summed E-state index contributed by atoms with van der Waals surface area (Å²) in [6.07, 6.45) is 59.0. The lowest BCUT2D eigenvalue weighted by Gasteiger charge is -2.30. The smallest absolute Gasteiger partial charge is 0.306 e. The fourth-order valence-corrected chi connectivity index (χ4v) is 8.48. The van der Waals surface area contributed by atoms with Gasteiger partial charge in [-0.2, -0.15) is 0 Å². The molecule has 0 aliphatic carbocycles. The molecule has 0 bridgehead atoms. The first-order chi connectivity index (χ1) is 32.9. The molecule has 396 valence electrons. The minimum absolute atomic E-state index is 0.0304. The van der Waals surface area contributed by atoms with Crippen LogP contribution in [0, 0.1) is 0 Å². The van der Waals surface area contributed by atoms with Crippen molar-refractivity contribution < 1.29 is 37.3 Å². The van der Waals surface area contributed by atoms with Gasteiger partial charge in [-0.05, 0) is 96.0 Å². The molecule has 0 heterocycles. The largest absolute Gasteiger partial charge is 0.756 e. The highest BCUT2D eigenvalue weighted by Gasteiger charge is 2.27. The molecule has 0 spiro atoms. The van der Waals surface area contributed by atoms with Crippen molar-refractivity contribution in [2.24, 2.45) is 0 Å². The number of unbranched alkanes of at least 4 members (excludes halogenated alkanes) is 26. The molecule has 0 radical (unpaired) electrons. The molecule has 3 atom stereocenters. The van der Waals surface area contributed by atoms with Gasteiger partial charge in [-0.1, -0.05) is 197 Å². The Morgan fingerprint density at radius 1 is 0.515 bits per heavy atom. The molecular weight excluding hydrogens is 868 g/mol. The van der Waals surface area contributed by atoms with Crippen molar-refractivity contribution in [2.75, 3.05) is 40.9 Å². The van der Waals surface area contributed by atoms with E-state index in [9.17, 15) is 19.0 Å². The Labute approximate surface area is 420 Å². The average molecular weight is 975 g/mol. The number of allylic oxidation sites excluding steroid dienone is 9. The number of amides is 1. The summed E-state index contributed by atoms with van der Waals surface area (Å²) < 4.78 is 30.1. The van der Waals surface area contributed by atoms with Gasteiger partial charge in [0.2, 0.25) is 5.91 Å². The van der Waals surface area contributed by atoms with Gasteiger partial charge in [0, 0.05) is 12.8 Å². The van der Waals surface area contributed by atoms with Crippen LogP contribution < -0.4 is 10.2 Å². The molecule has 0 aromatic heterocycles. The molecule has 0 aromatic carbocycles. The monoisotopic (exact) mass is 975 g/mol. The number of phosphoric ester groups is 1. The molecular formula is C58H107N2O7P. The summed E-state index contributed by atoms with van der Waals surface area (Å²) in [6.45, 7) is 6.77. The van der Waals surface area contributed by atoms with E-state index in [1.54, 1.807) is 0 Å². The fraction of sp³-hybridized carbons (Fsp3) is 0.793. The summed E-state index contributed by atoms with van der Waals surface area (Å²) in [5.41, 5.74) is 0. The highest BCUT2D eigenvalue weighted by molar-refractivity contribution is 7.45. The van der Waals surface area contributed by atoms with Crippen molar-refractivity contribution >= 4 is 19.7 Å². The van der Waals surface area contributed by atoms with E-state index in [2.05, 4.69) is 74.7 Å². The summed E-state index contributed by atoms with van der Waals surface area (Å²) in [7, 11) is 1.16. The lowest BCUT2D eigenvalue weighted by Crippen LogP contribution is -2.47. The summed E-state index contributed by atoms with van der Waals surface area (Å²) in [4.78, 5) is 39.8. The first-order valence-electron chi connectivity index (χ1n) is 28.1. The van der Waals surface area contributed by atoms with E-state index in [1.165, 1.54) is 116 Å². The molecule has 9 nitrogen and oxygen atoms in total. The second-order valence-corrected chi connectivity index (χ2v) is 21.5. The summed E-state index contributed by atoms with van der Waals surface area (Å²) in [5.74, 6) is -0.586. The van der Waals surface area contributed by atoms with Crippen LogP contribution in [0.25, 0.3) is 0 Å². The normalized spacial score (nSPS) is 14.3. The van der Waals surface area contributed by atoms with E-state index in [0.717, 1.165) is 83.5 Å². The van der Waals surface area contributed by atoms with Crippen molar-refractivity contribution in [1.82, 2.24) is 5.32 Å². The number of hydrogen-bond donors (Lipinski definition) is 1. The van der Waals surface area contributed by atoms with Crippen LogP contribution in [0.5, 0.6) is 0 Å². The Morgan fingerprint density at radius 2 is 0.897 bits per heavy atom. The van der Waals surface area contributed by atoms with E-state index >= 15 is 0 Å². The number of phosphoric acid groups is 1. The van der Waals surface area contributed by atoms with E-state index in [0.29, 0.717) is 23.9 Å². The maximum atomic E-state index is 13.5. The standard InChI is InChI=1S/C58H107N2O7P/c1-7-10-13-16-19-22-25-27-29-30-31-32-35-38-41-44-47-50-57(61)59-55(54-66-68(63,64)65-53-52-60(4,5)6)56(49-46-43-40-37-34-24-21-18-15-12-9-3)67-58(62)51-48-45-42-39-36-33-28-26-23-20-17-14-11-8-2/h19,22,27,29,31-33,36,46,49,55-56H,7-18,20-21,23-26,28,30,34-35,37-45,47-48,50-54H2,1-6H3,(H-,59,61,63,64)/b22-19-,29-27-,32-31-,36-33-,49-46+. The Bertz CT molecular complexity index is 1350. The molecule has 0 aromatic rings. The number of carbonyl (C=O) groups is 2. The number of quaternary nitrogens is 1. The van der Waals surface area contributed by atoms with Crippen molar-refractivity contribution in [3.63, 3.8) is 0 Å². The summed E-state index contributed by atoms with van der Waals surface area (Å²) in [5, 5.41) is 3.00. The first-order valence-corrected chi connectivity index (χ1v) is 29.6. The van der Waals surface area contributed by atoms with Crippen LogP contribution in [0.15, 0.2) is 60.8 Å². The lowest BCUT2D eigenvalue weighted by atomic mass is 10.1. The molecule has 10 heteroatoms. The molecule has 0 aliphatic heterocycles. The Balaban J connectivity index is 5.41. The van der Waals surface area contributed by atoms with Crippen LogP contribution in [0.4, 0.5) is 0 Å². The average Bonchev–Trinajstić information content (AvgIpc) is 3.29. The van der Waals surface area contributed by atoms with Crippen LogP contribution in [-0.4, -0.2) is 69.4 Å². The number of hydrogen-bond acceptors (Lipinski definition) is 7. The number of nitrogens with zero attached hydrogens (tertiary/aromatic N) is 1. The van der Waals surface area contributed by atoms with Gasteiger partial charge in [-0.15, -0.1) is 0 Å². The molecule has 0 fully saturated rings. The Kier molecular flexibility index (Phi) is 46.7. The second-order valence-electron chi connectivity index (χ2n) is 20.1. The lowest BCUT2D eigenvalue weighted by molar-refractivity contribution is -0.870. The third-order valence-electron chi connectivity index (χ3n) is 12.2. The maximum absolute atomic E-state index is 13.5. The molecule has 0 aliphatic rings. The van der Waals surface area contributed by atoms with Gasteiger partial charge in [0.25, 0.3) is 7.82 Å². The molecule has 3 unspecified atom stereocenters. The number of carbonyl (C=O) groups excluding carboxylic acids is 2. The van der Waals surface area contributed by atoms with Crippen molar-refractivity contribution in [2.45, 2.75) is 258 Å². The zero-order chi connectivity index (χ0) is 50.1. The number of likely N-dealkylation sites (N-methyl/N-ethyl adjacent to an activating group) is 1. The fourth-order valence-electron chi connectivity index (χ4n) is 7.76. The van der Waals surface area contributed by atoms with E-state index in [4.69, 9.17) is 13.8 Å². The van der Waals surface area contributed by atoms with Gasteiger partial charge in [0.05, 0.1) is 33.8 Å². The van der Waals surface area contributed by atoms with Crippen LogP contribution >= 0.6 is 7.82 Å². The van der Waals surface area contributed by atoms with Gasteiger partial charge in [-0.3, -0.25) is 14.2 Å². The van der Waals surface area contributed by atoms with Crippen LogP contribution in [-0.2, 0) is 27.9 Å². The summed E-state index contributed by atoms with van der Waals surface area (Å²) >= 11 is 0. The van der Waals surface area contributed by atoms with Gasteiger partial charge in [0.1, 0.15) is 19.3 Å². The van der Waals surface area contributed by atoms with Gasteiger partial charge in [-0.25, -0.2) is 0 Å². The molecule has 0 saturated heterocycles. The zero-order valence-electron chi connectivity index (χ0n) is 45.1. The topological polar surface area (TPSA) is 114 Å². The van der Waals surface area contributed by atoms with Crippen molar-refractivity contribution in [3.8, 4) is 0 Å². The van der Waals surface area contributed by atoms with E-state index in [-0.39, 0.29) is 31.3 Å². The third kappa shape index (κ3) is 48.7. The highest BCUT2D eigenvalue weighted by atomic mass is 31.2. The second kappa shape index (κ2) is 48.3.